The van der Waals surface area contributed by atoms with Crippen molar-refractivity contribution in [1.82, 2.24) is 9.80 Å². The number of hydrogen-bond donors (Lipinski definition) is 1. The van der Waals surface area contributed by atoms with Gasteiger partial charge in [0, 0.05) is 38.9 Å². The van der Waals surface area contributed by atoms with Crippen LogP contribution in [0.5, 0.6) is 0 Å². The Balaban J connectivity index is 1.58. The Kier molecular flexibility index (Phi) is 4.15. The molecule has 3 rings (SSSR count). The Bertz CT molecular complexity index is 497. The number of nitrogens with zero attached hydrogens (tertiary/aromatic N) is 2. The minimum absolute atomic E-state index is 0.147. The lowest BCUT2D eigenvalue weighted by atomic mass is 9.94. The zero-order valence-corrected chi connectivity index (χ0v) is 13.0. The molecule has 114 valence electrons. The fraction of sp³-hybridized carbons (Fsp3) is 0.588. The van der Waals surface area contributed by atoms with E-state index < -0.39 is 0 Å². The molecular weight excluding hydrogens is 262 g/mol. The lowest BCUT2D eigenvalue weighted by molar-refractivity contribution is -0.127. The summed E-state index contributed by atoms with van der Waals surface area (Å²) in [5, 5.41) is 3.69. The number of anilines is 1. The van der Waals surface area contributed by atoms with E-state index in [2.05, 4.69) is 34.5 Å². The summed E-state index contributed by atoms with van der Waals surface area (Å²) in [4.78, 5) is 15.9. The first-order valence-electron chi connectivity index (χ1n) is 7.90. The van der Waals surface area contributed by atoms with E-state index in [1.54, 1.807) is 19.0 Å². The zero-order chi connectivity index (χ0) is 14.8. The van der Waals surface area contributed by atoms with Crippen molar-refractivity contribution in [2.24, 2.45) is 5.92 Å². The monoisotopic (exact) mass is 287 g/mol. The zero-order valence-electron chi connectivity index (χ0n) is 13.0. The number of amides is 1. The SMILES string of the molecule is CN(C)C(=O)Cc1ccc(NC2CCN3CCC2C3)cc1. The first-order chi connectivity index (χ1) is 10.1. The molecule has 0 saturated carbocycles. The Hall–Kier alpha value is -1.55. The number of piperidine rings is 1. The third kappa shape index (κ3) is 3.38. The van der Waals surface area contributed by atoms with Crippen LogP contribution in [0.3, 0.4) is 0 Å². The normalized spacial score (nSPS) is 27.4. The molecule has 3 atom stereocenters. The summed E-state index contributed by atoms with van der Waals surface area (Å²) < 4.78 is 0. The van der Waals surface area contributed by atoms with E-state index in [1.807, 2.05) is 0 Å². The molecule has 0 aromatic heterocycles. The van der Waals surface area contributed by atoms with Crippen molar-refractivity contribution in [3.8, 4) is 0 Å². The molecule has 1 aromatic carbocycles. The van der Waals surface area contributed by atoms with Gasteiger partial charge >= 0.3 is 0 Å². The van der Waals surface area contributed by atoms with Crippen LogP contribution in [-0.2, 0) is 11.2 Å². The van der Waals surface area contributed by atoms with Crippen molar-refractivity contribution in [3.63, 3.8) is 0 Å². The summed E-state index contributed by atoms with van der Waals surface area (Å²) in [7, 11) is 3.60. The van der Waals surface area contributed by atoms with E-state index >= 15 is 0 Å². The van der Waals surface area contributed by atoms with E-state index in [4.69, 9.17) is 0 Å². The van der Waals surface area contributed by atoms with Gasteiger partial charge in [-0.05, 0) is 43.0 Å². The number of fused-ring (bicyclic) bond motifs is 2. The average Bonchev–Trinajstić information content (AvgIpc) is 2.86. The highest BCUT2D eigenvalue weighted by Crippen LogP contribution is 2.29. The van der Waals surface area contributed by atoms with Gasteiger partial charge in [-0.25, -0.2) is 0 Å². The van der Waals surface area contributed by atoms with E-state index in [9.17, 15) is 4.79 Å². The van der Waals surface area contributed by atoms with Gasteiger partial charge in [0.2, 0.25) is 5.91 Å². The van der Waals surface area contributed by atoms with Crippen LogP contribution in [0.15, 0.2) is 24.3 Å². The van der Waals surface area contributed by atoms with Crippen LogP contribution in [0.25, 0.3) is 0 Å². The van der Waals surface area contributed by atoms with Gasteiger partial charge in [0.15, 0.2) is 0 Å². The third-order valence-corrected chi connectivity index (χ3v) is 4.79. The Labute approximate surface area is 127 Å². The highest BCUT2D eigenvalue weighted by molar-refractivity contribution is 5.78. The highest BCUT2D eigenvalue weighted by atomic mass is 16.2. The van der Waals surface area contributed by atoms with Crippen LogP contribution in [0.4, 0.5) is 5.69 Å². The second-order valence-electron chi connectivity index (χ2n) is 6.55. The third-order valence-electron chi connectivity index (χ3n) is 4.79. The van der Waals surface area contributed by atoms with Crippen molar-refractivity contribution >= 4 is 11.6 Å². The van der Waals surface area contributed by atoms with Crippen LogP contribution >= 0.6 is 0 Å². The van der Waals surface area contributed by atoms with Gasteiger partial charge in [-0.2, -0.15) is 0 Å². The van der Waals surface area contributed by atoms with Gasteiger partial charge < -0.3 is 15.1 Å². The number of carbonyl (C=O) groups excluding carboxylic acids is 1. The lowest BCUT2D eigenvalue weighted by Gasteiger charge is -2.31. The Morgan fingerprint density at radius 3 is 2.67 bits per heavy atom. The predicted octanol–water partition coefficient (Wildman–Crippen LogP) is 1.82. The van der Waals surface area contributed by atoms with Crippen molar-refractivity contribution in [3.05, 3.63) is 29.8 Å². The van der Waals surface area contributed by atoms with Gasteiger partial charge in [-0.1, -0.05) is 12.1 Å². The van der Waals surface area contributed by atoms with Crippen LogP contribution in [0, 0.1) is 5.92 Å². The maximum Gasteiger partial charge on any atom is 0.226 e. The van der Waals surface area contributed by atoms with E-state index in [0.29, 0.717) is 12.5 Å². The summed E-state index contributed by atoms with van der Waals surface area (Å²) in [5.74, 6) is 0.947. The molecule has 1 amide bonds. The summed E-state index contributed by atoms with van der Waals surface area (Å²) >= 11 is 0. The Morgan fingerprint density at radius 2 is 1.95 bits per heavy atom. The Morgan fingerprint density at radius 1 is 1.24 bits per heavy atom. The number of hydrogen-bond acceptors (Lipinski definition) is 3. The number of carbonyl (C=O) groups is 1. The number of benzene rings is 1. The van der Waals surface area contributed by atoms with Crippen molar-refractivity contribution in [1.29, 1.82) is 0 Å². The fourth-order valence-electron chi connectivity index (χ4n) is 3.41. The average molecular weight is 287 g/mol. The van der Waals surface area contributed by atoms with Crippen LogP contribution in [0.1, 0.15) is 18.4 Å². The van der Waals surface area contributed by atoms with Crippen molar-refractivity contribution < 1.29 is 4.79 Å². The first-order valence-corrected chi connectivity index (χ1v) is 7.90. The second kappa shape index (κ2) is 6.06. The molecule has 0 aliphatic carbocycles. The number of nitrogens with one attached hydrogen (secondary N) is 1. The quantitative estimate of drug-likeness (QED) is 0.917. The molecular formula is C17H25N3O. The predicted molar refractivity (Wildman–Crippen MR) is 85.4 cm³/mol. The van der Waals surface area contributed by atoms with Crippen LogP contribution in [-0.4, -0.2) is 55.5 Å². The number of rotatable bonds is 4. The number of likely N-dealkylation sites (N-methyl/N-ethyl adjacent to an activating group) is 1. The molecule has 1 N–H and O–H groups in total. The van der Waals surface area contributed by atoms with Crippen molar-refractivity contribution in [2.75, 3.05) is 39.0 Å². The fourth-order valence-corrected chi connectivity index (χ4v) is 3.41. The largest absolute Gasteiger partial charge is 0.382 e. The standard InChI is InChI=1S/C17H25N3O/c1-19(2)17(21)11-13-3-5-15(6-4-13)18-16-8-10-20-9-7-14(16)12-20/h3-6,14,16,18H,7-12H2,1-2H3. The molecule has 1 aromatic rings. The first kappa shape index (κ1) is 14.4. The van der Waals surface area contributed by atoms with Crippen LogP contribution in [0.2, 0.25) is 0 Å². The van der Waals surface area contributed by atoms with Gasteiger partial charge in [0.1, 0.15) is 0 Å². The highest BCUT2D eigenvalue weighted by Gasteiger charge is 2.33. The second-order valence-corrected chi connectivity index (χ2v) is 6.55. The van der Waals surface area contributed by atoms with Gasteiger partial charge in [0.25, 0.3) is 0 Å². The molecule has 2 bridgehead atoms. The molecule has 21 heavy (non-hydrogen) atoms. The lowest BCUT2D eigenvalue weighted by Crippen LogP contribution is -2.39. The molecule has 2 aliphatic heterocycles. The maximum atomic E-state index is 11.7. The van der Waals surface area contributed by atoms with E-state index in [-0.39, 0.29) is 5.91 Å². The molecule has 2 aliphatic rings. The van der Waals surface area contributed by atoms with E-state index in [1.165, 1.54) is 38.2 Å². The van der Waals surface area contributed by atoms with Gasteiger partial charge in [-0.3, -0.25) is 4.79 Å². The van der Waals surface area contributed by atoms with Gasteiger partial charge in [0.05, 0.1) is 6.42 Å². The summed E-state index contributed by atoms with van der Waals surface area (Å²) in [5.41, 5.74) is 2.26. The topological polar surface area (TPSA) is 35.6 Å². The molecule has 4 nitrogen and oxygen atoms in total. The molecule has 4 heteroatoms. The molecule has 2 saturated heterocycles. The molecule has 0 radical (unpaired) electrons. The molecule has 3 unspecified atom stereocenters. The van der Waals surface area contributed by atoms with Gasteiger partial charge in [-0.15, -0.1) is 0 Å². The summed E-state index contributed by atoms with van der Waals surface area (Å²) in [6, 6.07) is 8.96. The molecule has 2 heterocycles. The molecule has 2 fully saturated rings. The minimum atomic E-state index is 0.147. The minimum Gasteiger partial charge on any atom is -0.382 e. The van der Waals surface area contributed by atoms with Crippen LogP contribution < -0.4 is 5.32 Å². The smallest absolute Gasteiger partial charge is 0.226 e. The molecule has 0 spiro atoms. The summed E-state index contributed by atoms with van der Waals surface area (Å²) in [6.07, 6.45) is 3.05. The van der Waals surface area contributed by atoms with E-state index in [0.717, 1.165) is 11.5 Å². The van der Waals surface area contributed by atoms with Crippen molar-refractivity contribution in [2.45, 2.75) is 25.3 Å². The summed E-state index contributed by atoms with van der Waals surface area (Å²) in [6.45, 7) is 3.76. The maximum absolute atomic E-state index is 11.7.